The molecule has 0 heterocycles. The van der Waals surface area contributed by atoms with E-state index in [4.69, 9.17) is 10.2 Å². The number of hydrogen-bond donors (Lipinski definition) is 3. The van der Waals surface area contributed by atoms with Crippen LogP contribution >= 0.6 is 15.9 Å². The van der Waals surface area contributed by atoms with Crippen LogP contribution in [0.25, 0.3) is 0 Å². The largest absolute Gasteiger partial charge is 0.481 e. The average molecular weight is 316 g/mol. The minimum atomic E-state index is -1.45. The number of nitrogens with one attached hydrogen (secondary N) is 1. The third-order valence-electron chi connectivity index (χ3n) is 2.07. The second-order valence-corrected chi connectivity index (χ2v) is 4.39. The minimum absolute atomic E-state index is 0.251. The molecule has 96 valence electrons. The molecule has 1 aromatic rings. The van der Waals surface area contributed by atoms with Crippen LogP contribution in [0.1, 0.15) is 16.8 Å². The zero-order valence-electron chi connectivity index (χ0n) is 9.09. The van der Waals surface area contributed by atoms with Gasteiger partial charge in [0.05, 0.1) is 6.42 Å². The lowest BCUT2D eigenvalue weighted by atomic mass is 10.1. The Kier molecular flexibility index (Phi) is 4.85. The fraction of sp³-hybridized carbons (Fsp3) is 0.182. The molecule has 1 aromatic carbocycles. The van der Waals surface area contributed by atoms with Crippen LogP contribution in [0.2, 0.25) is 0 Å². The molecule has 0 fully saturated rings. The lowest BCUT2D eigenvalue weighted by Crippen LogP contribution is -2.42. The van der Waals surface area contributed by atoms with Crippen molar-refractivity contribution in [1.82, 2.24) is 5.32 Å². The van der Waals surface area contributed by atoms with Gasteiger partial charge >= 0.3 is 11.9 Å². The van der Waals surface area contributed by atoms with Crippen LogP contribution in [0.5, 0.6) is 0 Å². The van der Waals surface area contributed by atoms with Gasteiger partial charge in [-0.3, -0.25) is 9.59 Å². The molecule has 6 nitrogen and oxygen atoms in total. The Balaban J connectivity index is 2.78. The molecule has 0 saturated heterocycles. The van der Waals surface area contributed by atoms with Gasteiger partial charge in [-0.25, -0.2) is 4.79 Å². The maximum atomic E-state index is 11.7. The van der Waals surface area contributed by atoms with Crippen LogP contribution in [0.4, 0.5) is 0 Å². The Hall–Kier alpha value is -1.89. The molecule has 0 aliphatic rings. The predicted octanol–water partition coefficient (Wildman–Crippen LogP) is 1.11. The van der Waals surface area contributed by atoms with Crippen molar-refractivity contribution in [3.05, 3.63) is 34.3 Å². The van der Waals surface area contributed by atoms with E-state index in [1.54, 1.807) is 12.1 Å². The highest BCUT2D eigenvalue weighted by Crippen LogP contribution is 2.11. The second-order valence-electron chi connectivity index (χ2n) is 3.47. The van der Waals surface area contributed by atoms with Crippen molar-refractivity contribution in [2.45, 2.75) is 12.5 Å². The number of carbonyl (C=O) groups is 3. The minimum Gasteiger partial charge on any atom is -0.481 e. The summed E-state index contributed by atoms with van der Waals surface area (Å²) in [7, 11) is 0. The first-order valence-electron chi connectivity index (χ1n) is 4.91. The van der Waals surface area contributed by atoms with E-state index in [2.05, 4.69) is 21.2 Å². The second kappa shape index (κ2) is 6.15. The molecule has 1 amide bonds. The van der Waals surface area contributed by atoms with Crippen molar-refractivity contribution in [1.29, 1.82) is 0 Å². The number of carboxylic acid groups (broad SMARTS) is 2. The molecule has 0 aliphatic carbocycles. The van der Waals surface area contributed by atoms with Gasteiger partial charge in [-0.05, 0) is 18.2 Å². The fourth-order valence-electron chi connectivity index (χ4n) is 1.25. The van der Waals surface area contributed by atoms with Gasteiger partial charge in [0.2, 0.25) is 0 Å². The first kappa shape index (κ1) is 14.2. The Bertz CT molecular complexity index is 488. The zero-order valence-corrected chi connectivity index (χ0v) is 10.7. The summed E-state index contributed by atoms with van der Waals surface area (Å²) in [6.45, 7) is 0. The molecule has 0 aromatic heterocycles. The van der Waals surface area contributed by atoms with Crippen molar-refractivity contribution in [3.63, 3.8) is 0 Å². The summed E-state index contributed by atoms with van der Waals surface area (Å²) in [5, 5.41) is 19.5. The molecular formula is C11H10BrNO5. The standard InChI is InChI=1S/C11H10BrNO5/c12-7-3-1-2-6(4-7)10(16)13-8(11(17)18)5-9(14)15/h1-4,8H,5H2,(H,13,16)(H,14,15)(H,17,18)/t8-/m1/s1. The van der Waals surface area contributed by atoms with Crippen molar-refractivity contribution in [3.8, 4) is 0 Å². The van der Waals surface area contributed by atoms with Gasteiger partial charge < -0.3 is 15.5 Å². The van der Waals surface area contributed by atoms with E-state index in [9.17, 15) is 14.4 Å². The van der Waals surface area contributed by atoms with Crippen LogP contribution in [0.3, 0.4) is 0 Å². The summed E-state index contributed by atoms with van der Waals surface area (Å²) in [6.07, 6.45) is -0.672. The number of carboxylic acids is 2. The van der Waals surface area contributed by atoms with Crippen LogP contribution < -0.4 is 5.32 Å². The highest BCUT2D eigenvalue weighted by Gasteiger charge is 2.23. The van der Waals surface area contributed by atoms with Crippen molar-refractivity contribution in [2.75, 3.05) is 0 Å². The third-order valence-corrected chi connectivity index (χ3v) is 2.56. The molecule has 18 heavy (non-hydrogen) atoms. The van der Waals surface area contributed by atoms with E-state index in [0.29, 0.717) is 4.47 Å². The third kappa shape index (κ3) is 4.17. The quantitative estimate of drug-likeness (QED) is 0.755. The summed E-state index contributed by atoms with van der Waals surface area (Å²) in [5.74, 6) is -3.32. The summed E-state index contributed by atoms with van der Waals surface area (Å²) in [6, 6.07) is 4.89. The number of amides is 1. The monoisotopic (exact) mass is 315 g/mol. The van der Waals surface area contributed by atoms with Crippen molar-refractivity contribution in [2.24, 2.45) is 0 Å². The van der Waals surface area contributed by atoms with Gasteiger partial charge in [0.1, 0.15) is 6.04 Å². The number of aliphatic carboxylic acids is 2. The van der Waals surface area contributed by atoms with Crippen LogP contribution in [0.15, 0.2) is 28.7 Å². The molecule has 0 radical (unpaired) electrons. The molecule has 0 aliphatic heterocycles. The molecular weight excluding hydrogens is 306 g/mol. The van der Waals surface area contributed by atoms with E-state index in [1.807, 2.05) is 0 Å². The van der Waals surface area contributed by atoms with Gasteiger partial charge in [-0.1, -0.05) is 22.0 Å². The first-order chi connectivity index (χ1) is 8.40. The Morgan fingerprint density at radius 1 is 1.28 bits per heavy atom. The number of benzene rings is 1. The topological polar surface area (TPSA) is 104 Å². The molecule has 0 unspecified atom stereocenters. The number of hydrogen-bond acceptors (Lipinski definition) is 3. The van der Waals surface area contributed by atoms with E-state index in [0.717, 1.165) is 0 Å². The maximum Gasteiger partial charge on any atom is 0.326 e. The van der Waals surface area contributed by atoms with E-state index < -0.39 is 30.3 Å². The SMILES string of the molecule is O=C(O)C[C@@H](NC(=O)c1cccc(Br)c1)C(=O)O. The molecule has 0 spiro atoms. The van der Waals surface area contributed by atoms with Gasteiger partial charge in [0, 0.05) is 10.0 Å². The highest BCUT2D eigenvalue weighted by molar-refractivity contribution is 9.10. The van der Waals surface area contributed by atoms with Gasteiger partial charge in [-0.2, -0.15) is 0 Å². The Labute approximate surface area is 111 Å². The fourth-order valence-corrected chi connectivity index (χ4v) is 1.65. The Morgan fingerprint density at radius 3 is 2.44 bits per heavy atom. The maximum absolute atomic E-state index is 11.7. The summed E-state index contributed by atoms with van der Waals surface area (Å²) >= 11 is 3.18. The zero-order chi connectivity index (χ0) is 13.7. The van der Waals surface area contributed by atoms with Crippen molar-refractivity contribution < 1.29 is 24.6 Å². The van der Waals surface area contributed by atoms with Crippen LogP contribution in [-0.4, -0.2) is 34.1 Å². The van der Waals surface area contributed by atoms with Crippen LogP contribution in [0, 0.1) is 0 Å². The highest BCUT2D eigenvalue weighted by atomic mass is 79.9. The summed E-state index contributed by atoms with van der Waals surface area (Å²) < 4.78 is 0.667. The summed E-state index contributed by atoms with van der Waals surface area (Å²) in [5.41, 5.74) is 0.251. The smallest absolute Gasteiger partial charge is 0.326 e. The molecule has 0 saturated carbocycles. The van der Waals surface area contributed by atoms with E-state index in [-0.39, 0.29) is 5.56 Å². The molecule has 0 bridgehead atoms. The normalized spacial score (nSPS) is 11.6. The number of rotatable bonds is 5. The predicted molar refractivity (Wildman–Crippen MR) is 65.3 cm³/mol. The summed E-state index contributed by atoms with van der Waals surface area (Å²) in [4.78, 5) is 33.0. The lowest BCUT2D eigenvalue weighted by Gasteiger charge is -2.12. The molecule has 1 rings (SSSR count). The van der Waals surface area contributed by atoms with E-state index in [1.165, 1.54) is 12.1 Å². The van der Waals surface area contributed by atoms with Gasteiger partial charge in [-0.15, -0.1) is 0 Å². The van der Waals surface area contributed by atoms with E-state index >= 15 is 0 Å². The van der Waals surface area contributed by atoms with Gasteiger partial charge in [0.25, 0.3) is 5.91 Å². The molecule has 1 atom stereocenters. The number of carbonyl (C=O) groups excluding carboxylic acids is 1. The first-order valence-corrected chi connectivity index (χ1v) is 5.70. The van der Waals surface area contributed by atoms with Crippen LogP contribution in [-0.2, 0) is 9.59 Å². The molecule has 7 heteroatoms. The number of halogens is 1. The van der Waals surface area contributed by atoms with Gasteiger partial charge in [0.15, 0.2) is 0 Å². The lowest BCUT2D eigenvalue weighted by molar-refractivity contribution is -0.145. The van der Waals surface area contributed by atoms with Crippen molar-refractivity contribution >= 4 is 33.8 Å². The Morgan fingerprint density at radius 2 is 1.94 bits per heavy atom. The molecule has 3 N–H and O–H groups in total. The average Bonchev–Trinajstić information content (AvgIpc) is 2.27.